The van der Waals surface area contributed by atoms with Crippen LogP contribution in [0.5, 0.6) is 0 Å². The molecule has 0 N–H and O–H groups in total. The molecular weight excluding hydrogens is 269 g/mol. The highest BCUT2D eigenvalue weighted by atomic mass is 15.3. The lowest BCUT2D eigenvalue weighted by Crippen LogP contribution is -2.45. The van der Waals surface area contributed by atoms with Crippen LogP contribution in [0.25, 0.3) is 11.3 Å². The summed E-state index contributed by atoms with van der Waals surface area (Å²) >= 11 is 0. The number of anilines is 2. The Bertz CT molecular complexity index is 754. The molecule has 3 nitrogen and oxygen atoms in total. The summed E-state index contributed by atoms with van der Waals surface area (Å²) < 4.78 is 2.33. The van der Waals surface area contributed by atoms with E-state index in [9.17, 15) is 0 Å². The van der Waals surface area contributed by atoms with E-state index < -0.39 is 0 Å². The van der Waals surface area contributed by atoms with Gasteiger partial charge in [-0.15, -0.1) is 0 Å². The molecule has 1 aromatic heterocycles. The summed E-state index contributed by atoms with van der Waals surface area (Å²) in [7, 11) is 6.50. The summed E-state index contributed by atoms with van der Waals surface area (Å²) in [6.07, 6.45) is 0. The Morgan fingerprint density at radius 1 is 0.909 bits per heavy atom. The Morgan fingerprint density at radius 2 is 1.55 bits per heavy atom. The summed E-state index contributed by atoms with van der Waals surface area (Å²) in [5.41, 5.74) is 7.93. The maximum atomic E-state index is 2.34. The second-order valence-corrected chi connectivity index (χ2v) is 6.59. The van der Waals surface area contributed by atoms with Crippen LogP contribution < -0.4 is 14.2 Å². The molecular formula is C18H25BN3+. The second kappa shape index (κ2) is 5.04. The Labute approximate surface area is 134 Å². The molecule has 4 heteroatoms. The molecule has 0 amide bonds. The van der Waals surface area contributed by atoms with Crippen molar-refractivity contribution in [3.63, 3.8) is 0 Å². The van der Waals surface area contributed by atoms with Gasteiger partial charge in [-0.05, 0) is 69.5 Å². The molecule has 1 aliphatic rings. The smallest absolute Gasteiger partial charge is 0.371 e. The highest BCUT2D eigenvalue weighted by Gasteiger charge is 2.42. The van der Waals surface area contributed by atoms with Crippen LogP contribution in [0.2, 0.25) is 6.82 Å². The van der Waals surface area contributed by atoms with Crippen molar-refractivity contribution in [3.05, 3.63) is 41.0 Å². The maximum Gasteiger partial charge on any atom is 0.492 e. The van der Waals surface area contributed by atoms with Gasteiger partial charge in [0.25, 0.3) is 5.82 Å². The van der Waals surface area contributed by atoms with Gasteiger partial charge in [0.05, 0.1) is 14.1 Å². The van der Waals surface area contributed by atoms with Crippen LogP contribution in [0.1, 0.15) is 16.7 Å². The van der Waals surface area contributed by atoms with Crippen LogP contribution in [0, 0.1) is 20.8 Å². The SMILES string of the molecule is CB1N(C)c2ccc(-c3cc(C)c(C)cc3C)[n+](C)c2N1C. The molecule has 0 atom stereocenters. The van der Waals surface area contributed by atoms with Crippen molar-refractivity contribution in [3.8, 4) is 11.3 Å². The van der Waals surface area contributed by atoms with Gasteiger partial charge in [0.15, 0.2) is 0 Å². The lowest BCUT2D eigenvalue weighted by Gasteiger charge is -2.14. The fourth-order valence-electron chi connectivity index (χ4n) is 3.47. The van der Waals surface area contributed by atoms with E-state index in [1.165, 1.54) is 39.5 Å². The van der Waals surface area contributed by atoms with Crippen molar-refractivity contribution < 1.29 is 4.57 Å². The van der Waals surface area contributed by atoms with E-state index in [0.29, 0.717) is 6.98 Å². The monoisotopic (exact) mass is 294 g/mol. The van der Waals surface area contributed by atoms with Crippen LogP contribution in [-0.2, 0) is 7.05 Å². The summed E-state index contributed by atoms with van der Waals surface area (Å²) in [6.45, 7) is 9.19. The third-order valence-corrected chi connectivity index (χ3v) is 5.26. The standard InChI is InChI=1S/C18H25BN3/c1-12-10-14(3)15(11-13(12)2)16-8-9-17-18(20(16)5)22(7)19(4)21(17)6/h8-11H,1-7H3/q+1. The van der Waals surface area contributed by atoms with Gasteiger partial charge in [0.1, 0.15) is 11.4 Å². The molecule has 2 aromatic rings. The first-order valence-electron chi connectivity index (χ1n) is 7.90. The van der Waals surface area contributed by atoms with Crippen molar-refractivity contribution in [2.75, 3.05) is 23.7 Å². The first-order chi connectivity index (χ1) is 10.3. The van der Waals surface area contributed by atoms with E-state index >= 15 is 0 Å². The minimum Gasteiger partial charge on any atom is -0.371 e. The quantitative estimate of drug-likeness (QED) is 0.591. The van der Waals surface area contributed by atoms with E-state index in [0.717, 1.165) is 0 Å². The van der Waals surface area contributed by atoms with Gasteiger partial charge in [0, 0.05) is 5.56 Å². The molecule has 1 aliphatic heterocycles. The molecule has 0 spiro atoms. The fraction of sp³-hybridized carbons (Fsp3) is 0.389. The summed E-state index contributed by atoms with van der Waals surface area (Å²) in [5, 5.41) is 0. The van der Waals surface area contributed by atoms with Gasteiger partial charge in [-0.2, -0.15) is 0 Å². The van der Waals surface area contributed by atoms with Gasteiger partial charge < -0.3 is 9.62 Å². The zero-order valence-electron chi connectivity index (χ0n) is 14.7. The van der Waals surface area contributed by atoms with Gasteiger partial charge in [-0.3, -0.25) is 0 Å². The predicted molar refractivity (Wildman–Crippen MR) is 95.7 cm³/mol. The van der Waals surface area contributed by atoms with Crippen molar-refractivity contribution >= 4 is 18.5 Å². The molecule has 2 heterocycles. The molecule has 1 aromatic carbocycles. The first kappa shape index (κ1) is 15.0. The number of aryl methyl sites for hydroxylation is 3. The van der Waals surface area contributed by atoms with E-state index in [1.807, 2.05) is 0 Å². The molecule has 0 aliphatic carbocycles. The van der Waals surface area contributed by atoms with E-state index in [1.54, 1.807) is 0 Å². The predicted octanol–water partition coefficient (Wildman–Crippen LogP) is 3.11. The van der Waals surface area contributed by atoms with Gasteiger partial charge in [0.2, 0.25) is 0 Å². The average molecular weight is 294 g/mol. The van der Waals surface area contributed by atoms with Crippen molar-refractivity contribution in [2.45, 2.75) is 27.6 Å². The molecule has 0 unspecified atom stereocenters. The van der Waals surface area contributed by atoms with E-state index in [-0.39, 0.29) is 0 Å². The number of nitrogens with zero attached hydrogens (tertiary/aromatic N) is 3. The summed E-state index contributed by atoms with van der Waals surface area (Å²) in [6, 6.07) is 9.10. The first-order valence-corrected chi connectivity index (χ1v) is 7.90. The molecule has 22 heavy (non-hydrogen) atoms. The summed E-state index contributed by atoms with van der Waals surface area (Å²) in [5.74, 6) is 1.28. The Balaban J connectivity index is 2.22. The Kier molecular flexibility index (Phi) is 3.43. The largest absolute Gasteiger partial charge is 0.492 e. The Morgan fingerprint density at radius 3 is 2.23 bits per heavy atom. The van der Waals surface area contributed by atoms with Crippen molar-refractivity contribution in [1.29, 1.82) is 0 Å². The number of hydrogen-bond donors (Lipinski definition) is 0. The van der Waals surface area contributed by atoms with Crippen LogP contribution in [0.4, 0.5) is 11.5 Å². The fourth-order valence-corrected chi connectivity index (χ4v) is 3.47. The van der Waals surface area contributed by atoms with E-state index in [2.05, 4.69) is 87.2 Å². The minimum absolute atomic E-state index is 0.386. The lowest BCUT2D eigenvalue weighted by molar-refractivity contribution is -0.646. The number of rotatable bonds is 1. The molecule has 0 saturated carbocycles. The van der Waals surface area contributed by atoms with E-state index in [4.69, 9.17) is 0 Å². The van der Waals surface area contributed by atoms with Crippen molar-refractivity contribution in [1.82, 2.24) is 0 Å². The molecule has 0 saturated heterocycles. The minimum atomic E-state index is 0.386. The highest BCUT2D eigenvalue weighted by molar-refractivity contribution is 6.68. The van der Waals surface area contributed by atoms with Crippen LogP contribution in [0.15, 0.2) is 24.3 Å². The van der Waals surface area contributed by atoms with Gasteiger partial charge >= 0.3 is 6.98 Å². The second-order valence-electron chi connectivity index (χ2n) is 6.59. The maximum absolute atomic E-state index is 2.34. The van der Waals surface area contributed by atoms with Crippen LogP contribution in [0.3, 0.4) is 0 Å². The third-order valence-electron chi connectivity index (χ3n) is 5.26. The van der Waals surface area contributed by atoms with Crippen LogP contribution in [-0.4, -0.2) is 21.1 Å². The topological polar surface area (TPSA) is 10.4 Å². The summed E-state index contributed by atoms with van der Waals surface area (Å²) in [4.78, 5) is 4.67. The zero-order valence-corrected chi connectivity index (χ0v) is 14.7. The number of benzene rings is 1. The number of hydrogen-bond acceptors (Lipinski definition) is 2. The molecule has 0 bridgehead atoms. The van der Waals surface area contributed by atoms with Gasteiger partial charge in [-0.25, -0.2) is 4.57 Å². The number of aromatic nitrogens is 1. The van der Waals surface area contributed by atoms with Gasteiger partial charge in [-0.1, -0.05) is 6.07 Å². The lowest BCUT2D eigenvalue weighted by atomic mass is 9.78. The highest BCUT2D eigenvalue weighted by Crippen LogP contribution is 2.35. The molecule has 0 radical (unpaired) electrons. The third kappa shape index (κ3) is 2.01. The number of pyridine rings is 1. The zero-order chi connectivity index (χ0) is 16.2. The molecule has 114 valence electrons. The Hall–Kier alpha value is -1.97. The molecule has 3 rings (SSSR count). The number of fused-ring (bicyclic) bond motifs is 1. The average Bonchev–Trinajstić information content (AvgIpc) is 2.69. The normalized spacial score (nSPS) is 13.9. The molecule has 0 fully saturated rings. The van der Waals surface area contributed by atoms with Crippen LogP contribution >= 0.6 is 0 Å². The van der Waals surface area contributed by atoms with Crippen molar-refractivity contribution in [2.24, 2.45) is 7.05 Å².